The van der Waals surface area contributed by atoms with Crippen LogP contribution in [0.1, 0.15) is 26.5 Å². The summed E-state index contributed by atoms with van der Waals surface area (Å²) in [7, 11) is 1.69. The van der Waals surface area contributed by atoms with Crippen LogP contribution in [0.5, 0.6) is 0 Å². The number of primary amides is 1. The number of halogens is 3. The van der Waals surface area contributed by atoms with Gasteiger partial charge in [-0.05, 0) is 29.1 Å². The lowest BCUT2D eigenvalue weighted by Gasteiger charge is -2.08. The maximum atomic E-state index is 13.0. The van der Waals surface area contributed by atoms with Crippen LogP contribution >= 0.6 is 11.3 Å². The Bertz CT molecular complexity index is 1360. The van der Waals surface area contributed by atoms with E-state index < -0.39 is 23.6 Å². The third kappa shape index (κ3) is 4.75. The Morgan fingerprint density at radius 2 is 1.91 bits per heavy atom. The van der Waals surface area contributed by atoms with Crippen molar-refractivity contribution in [1.29, 1.82) is 0 Å². The van der Waals surface area contributed by atoms with Gasteiger partial charge in [0.1, 0.15) is 11.5 Å². The van der Waals surface area contributed by atoms with Gasteiger partial charge >= 0.3 is 6.18 Å². The molecule has 2 amide bonds. The Balaban J connectivity index is 1.66. The van der Waals surface area contributed by atoms with Gasteiger partial charge in [-0.25, -0.2) is 4.98 Å². The number of alkyl halides is 3. The number of carbonyl (C=O) groups is 2. The van der Waals surface area contributed by atoms with E-state index >= 15 is 0 Å². The Morgan fingerprint density at radius 1 is 1.15 bits per heavy atom. The lowest BCUT2D eigenvalue weighted by Crippen LogP contribution is -2.34. The molecule has 4 rings (SSSR count). The molecular weight excluding hydrogens is 453 g/mol. The quantitative estimate of drug-likeness (QED) is 0.442. The molecular formula is C23H19F3N4O2S. The summed E-state index contributed by atoms with van der Waals surface area (Å²) < 4.78 is 41.7. The van der Waals surface area contributed by atoms with Crippen LogP contribution in [0.2, 0.25) is 0 Å². The minimum absolute atomic E-state index is 0.268. The van der Waals surface area contributed by atoms with Crippen LogP contribution < -0.4 is 11.1 Å². The molecule has 2 heterocycles. The number of nitrogens with zero attached hydrogens (tertiary/aromatic N) is 2. The Morgan fingerprint density at radius 3 is 2.64 bits per heavy atom. The summed E-state index contributed by atoms with van der Waals surface area (Å²) >= 11 is 1.47. The first-order valence-electron chi connectivity index (χ1n) is 9.89. The number of fused-ring (bicyclic) bond motifs is 1. The van der Waals surface area contributed by atoms with Crippen LogP contribution in [0, 0.1) is 0 Å². The van der Waals surface area contributed by atoms with E-state index in [1.54, 1.807) is 17.7 Å². The zero-order chi connectivity index (χ0) is 23.8. The molecule has 0 bridgehead atoms. The van der Waals surface area contributed by atoms with Gasteiger partial charge in [0.25, 0.3) is 5.91 Å². The maximum Gasteiger partial charge on any atom is 0.416 e. The fourth-order valence-electron chi connectivity index (χ4n) is 3.57. The molecule has 0 spiro atoms. The molecule has 0 aliphatic rings. The van der Waals surface area contributed by atoms with Crippen molar-refractivity contribution >= 4 is 33.2 Å². The zero-order valence-corrected chi connectivity index (χ0v) is 18.3. The number of hydrogen-bond acceptors (Lipinski definition) is 4. The summed E-state index contributed by atoms with van der Waals surface area (Å²) in [6, 6.07) is 12.9. The van der Waals surface area contributed by atoms with Crippen LogP contribution in [0.15, 0.2) is 54.7 Å². The van der Waals surface area contributed by atoms with Crippen LogP contribution in [0.25, 0.3) is 21.5 Å². The van der Waals surface area contributed by atoms with E-state index in [1.807, 2.05) is 24.3 Å². The number of aromatic nitrogens is 2. The maximum absolute atomic E-state index is 13.0. The predicted molar refractivity (Wildman–Crippen MR) is 120 cm³/mol. The first-order chi connectivity index (χ1) is 15.6. The SMILES string of the molecule is Cn1c(C(=O)NCC(N)=O)cnc1-c1cccc2cc(Cc3cccc(C(F)(F)F)c3)sc12. The molecule has 0 aliphatic carbocycles. The highest BCUT2D eigenvalue weighted by Gasteiger charge is 2.30. The average molecular weight is 472 g/mol. The molecule has 0 saturated carbocycles. The molecule has 2 aromatic heterocycles. The molecule has 0 unspecified atom stereocenters. The summed E-state index contributed by atoms with van der Waals surface area (Å²) in [6.07, 6.45) is -2.60. The van der Waals surface area contributed by atoms with Crippen molar-refractivity contribution in [1.82, 2.24) is 14.9 Å². The van der Waals surface area contributed by atoms with Crippen molar-refractivity contribution in [2.24, 2.45) is 12.8 Å². The van der Waals surface area contributed by atoms with E-state index in [0.717, 1.165) is 26.6 Å². The van der Waals surface area contributed by atoms with E-state index in [2.05, 4.69) is 10.3 Å². The molecule has 3 N–H and O–H groups in total. The second-order valence-corrected chi connectivity index (χ2v) is 8.62. The molecule has 33 heavy (non-hydrogen) atoms. The molecule has 0 radical (unpaired) electrons. The Labute approximate surface area is 190 Å². The molecule has 10 heteroatoms. The lowest BCUT2D eigenvalue weighted by molar-refractivity contribution is -0.137. The van der Waals surface area contributed by atoms with E-state index in [-0.39, 0.29) is 12.2 Å². The van der Waals surface area contributed by atoms with E-state index in [0.29, 0.717) is 17.8 Å². The van der Waals surface area contributed by atoms with Crippen LogP contribution in [-0.2, 0) is 24.4 Å². The molecule has 170 valence electrons. The summed E-state index contributed by atoms with van der Waals surface area (Å²) in [4.78, 5) is 28.5. The third-order valence-electron chi connectivity index (χ3n) is 5.11. The van der Waals surface area contributed by atoms with E-state index in [4.69, 9.17) is 5.73 Å². The number of imidazole rings is 1. The number of nitrogens with one attached hydrogen (secondary N) is 1. The third-order valence-corrected chi connectivity index (χ3v) is 6.30. The van der Waals surface area contributed by atoms with Gasteiger partial charge in [-0.2, -0.15) is 13.2 Å². The number of thiophene rings is 1. The highest BCUT2D eigenvalue weighted by molar-refractivity contribution is 7.19. The topological polar surface area (TPSA) is 90.0 Å². The fourth-order valence-corrected chi connectivity index (χ4v) is 4.77. The van der Waals surface area contributed by atoms with Crippen LogP contribution in [0.4, 0.5) is 13.2 Å². The van der Waals surface area contributed by atoms with Gasteiger partial charge in [-0.3, -0.25) is 9.59 Å². The predicted octanol–water partition coefficient (Wildman–Crippen LogP) is 4.13. The van der Waals surface area contributed by atoms with E-state index in [1.165, 1.54) is 29.7 Å². The summed E-state index contributed by atoms with van der Waals surface area (Å²) in [6.45, 7) is -0.279. The minimum atomic E-state index is -4.39. The van der Waals surface area contributed by atoms with Gasteiger partial charge in [-0.1, -0.05) is 30.3 Å². The Hall–Kier alpha value is -3.66. The largest absolute Gasteiger partial charge is 0.416 e. The highest BCUT2D eigenvalue weighted by Crippen LogP contribution is 2.36. The van der Waals surface area contributed by atoms with Crippen LogP contribution in [-0.4, -0.2) is 27.9 Å². The number of nitrogens with two attached hydrogens (primary N) is 1. The van der Waals surface area contributed by atoms with Crippen LogP contribution in [0.3, 0.4) is 0 Å². The Kier molecular flexibility index (Phi) is 5.94. The number of amides is 2. The lowest BCUT2D eigenvalue weighted by atomic mass is 10.1. The zero-order valence-electron chi connectivity index (χ0n) is 17.4. The number of benzene rings is 2. The average Bonchev–Trinajstić information content (AvgIpc) is 3.34. The molecule has 2 aromatic carbocycles. The summed E-state index contributed by atoms with van der Waals surface area (Å²) in [5.74, 6) is -0.571. The highest BCUT2D eigenvalue weighted by atomic mass is 32.1. The summed E-state index contributed by atoms with van der Waals surface area (Å²) in [5.41, 5.74) is 6.04. The van der Waals surface area contributed by atoms with Gasteiger partial charge in [0.05, 0.1) is 18.3 Å². The standard InChI is InChI=1S/C23H19F3N4O2S/c1-30-18(22(32)29-12-19(27)31)11-28-21(30)17-7-3-5-14-10-16(33-20(14)17)9-13-4-2-6-15(8-13)23(24,25)26/h2-8,10-11H,9,12H2,1H3,(H2,27,31)(H,29,32). The molecule has 0 fully saturated rings. The second kappa shape index (κ2) is 8.70. The molecule has 4 aromatic rings. The van der Waals surface area contributed by atoms with Crippen molar-refractivity contribution in [2.45, 2.75) is 12.6 Å². The fraction of sp³-hybridized carbons (Fsp3) is 0.174. The van der Waals surface area contributed by atoms with Gasteiger partial charge in [0.15, 0.2) is 0 Å². The van der Waals surface area contributed by atoms with Gasteiger partial charge in [0.2, 0.25) is 5.91 Å². The molecule has 0 aliphatic heterocycles. The smallest absolute Gasteiger partial charge is 0.368 e. The van der Waals surface area contributed by atoms with Crippen molar-refractivity contribution in [3.63, 3.8) is 0 Å². The minimum Gasteiger partial charge on any atom is -0.368 e. The second-order valence-electron chi connectivity index (χ2n) is 7.49. The summed E-state index contributed by atoms with van der Waals surface area (Å²) in [5, 5.41) is 3.37. The first kappa shape index (κ1) is 22.5. The molecule has 0 atom stereocenters. The van der Waals surface area contributed by atoms with Crippen molar-refractivity contribution in [3.05, 3.63) is 76.4 Å². The van der Waals surface area contributed by atoms with Crippen molar-refractivity contribution in [3.8, 4) is 11.4 Å². The molecule has 0 saturated heterocycles. The van der Waals surface area contributed by atoms with Gasteiger partial charge in [0, 0.05) is 28.6 Å². The van der Waals surface area contributed by atoms with Crippen molar-refractivity contribution < 1.29 is 22.8 Å². The van der Waals surface area contributed by atoms with Gasteiger partial charge < -0.3 is 15.6 Å². The number of hydrogen-bond donors (Lipinski definition) is 2. The van der Waals surface area contributed by atoms with E-state index in [9.17, 15) is 22.8 Å². The monoisotopic (exact) mass is 472 g/mol. The number of carbonyl (C=O) groups excluding carboxylic acids is 2. The van der Waals surface area contributed by atoms with Crippen molar-refractivity contribution in [2.75, 3.05) is 6.54 Å². The number of rotatable bonds is 6. The first-order valence-corrected chi connectivity index (χ1v) is 10.7. The molecule has 6 nitrogen and oxygen atoms in total. The van der Waals surface area contributed by atoms with Gasteiger partial charge in [-0.15, -0.1) is 11.3 Å². The normalized spacial score (nSPS) is 11.6.